The zero-order chi connectivity index (χ0) is 19.4. The molecule has 0 aliphatic heterocycles. The Balaban J connectivity index is 1.76. The number of sulfone groups is 1. The van der Waals surface area contributed by atoms with E-state index in [0.717, 1.165) is 24.7 Å². The molecule has 0 unspecified atom stereocenters. The second-order valence-electron chi connectivity index (χ2n) is 6.72. The molecule has 0 spiro atoms. The van der Waals surface area contributed by atoms with Gasteiger partial charge in [0.15, 0.2) is 9.84 Å². The molecule has 0 heterocycles. The Bertz CT molecular complexity index is 920. The van der Waals surface area contributed by atoms with E-state index < -0.39 is 20.4 Å². The van der Waals surface area contributed by atoms with Gasteiger partial charge < -0.3 is 10.1 Å². The zero-order valence-electron chi connectivity index (χ0n) is 15.1. The number of hydrogen-bond acceptors (Lipinski definition) is 6. The van der Waals surface area contributed by atoms with Gasteiger partial charge in [-0.1, -0.05) is 31.0 Å². The quantitative estimate of drug-likeness (QED) is 0.562. The Labute approximate surface area is 158 Å². The van der Waals surface area contributed by atoms with Crippen molar-refractivity contribution < 1.29 is 18.1 Å². The fourth-order valence-corrected chi connectivity index (χ4v) is 4.08. The van der Waals surface area contributed by atoms with Crippen LogP contribution in [0.25, 0.3) is 0 Å². The fourth-order valence-electron chi connectivity index (χ4n) is 3.22. The lowest BCUT2D eigenvalue weighted by Crippen LogP contribution is -2.07. The van der Waals surface area contributed by atoms with Gasteiger partial charge in [0.05, 0.1) is 17.6 Å². The van der Waals surface area contributed by atoms with Crippen molar-refractivity contribution in [3.8, 4) is 0 Å². The molecule has 1 fully saturated rings. The Morgan fingerprint density at radius 3 is 2.41 bits per heavy atom. The number of rotatable bonds is 7. The summed E-state index contributed by atoms with van der Waals surface area (Å²) < 4.78 is 29.6. The van der Waals surface area contributed by atoms with Crippen molar-refractivity contribution in [1.82, 2.24) is 0 Å². The zero-order valence-corrected chi connectivity index (χ0v) is 15.9. The maximum atomic E-state index is 11.8. The van der Waals surface area contributed by atoms with Crippen LogP contribution in [0.3, 0.4) is 0 Å². The first kappa shape index (κ1) is 19.3. The number of hydrogen-bond donors (Lipinski definition) is 1. The highest BCUT2D eigenvalue weighted by molar-refractivity contribution is 7.90. The van der Waals surface area contributed by atoms with E-state index in [4.69, 9.17) is 4.74 Å². The number of nitrogens with zero attached hydrogens (tertiary/aromatic N) is 1. The normalized spacial score (nSPS) is 15.0. The number of nitro benzene ring substituents is 1. The minimum absolute atomic E-state index is 0.137. The molecular weight excluding hydrogens is 368 g/mol. The summed E-state index contributed by atoms with van der Waals surface area (Å²) in [6.45, 7) is 0.536. The van der Waals surface area contributed by atoms with Crippen LogP contribution in [0, 0.1) is 10.1 Å². The Hall–Kier alpha value is -2.45. The molecular formula is C19H22N2O5S. The lowest BCUT2D eigenvalue weighted by molar-refractivity contribution is -0.386. The lowest BCUT2D eigenvalue weighted by Gasteiger charge is -2.12. The average Bonchev–Trinajstić information content (AvgIpc) is 3.13. The van der Waals surface area contributed by atoms with Crippen LogP contribution in [0.2, 0.25) is 0 Å². The van der Waals surface area contributed by atoms with Crippen LogP contribution in [-0.2, 0) is 21.2 Å². The van der Waals surface area contributed by atoms with E-state index in [1.807, 2.05) is 12.1 Å². The van der Waals surface area contributed by atoms with Crippen LogP contribution in [0.1, 0.15) is 31.2 Å². The van der Waals surface area contributed by atoms with Gasteiger partial charge in [-0.2, -0.15) is 0 Å². The van der Waals surface area contributed by atoms with Gasteiger partial charge in [0.2, 0.25) is 0 Å². The second-order valence-corrected chi connectivity index (χ2v) is 8.71. The summed E-state index contributed by atoms with van der Waals surface area (Å²) in [4.78, 5) is 10.4. The molecule has 2 aromatic carbocycles. The van der Waals surface area contributed by atoms with Gasteiger partial charge in [-0.3, -0.25) is 10.1 Å². The Morgan fingerprint density at radius 1 is 1.15 bits per heavy atom. The number of ether oxygens (including phenoxy) is 1. The summed E-state index contributed by atoms with van der Waals surface area (Å²) in [5, 5.41) is 14.4. The lowest BCUT2D eigenvalue weighted by atomic mass is 10.2. The first-order valence-electron chi connectivity index (χ1n) is 8.79. The second kappa shape index (κ2) is 8.06. The van der Waals surface area contributed by atoms with Crippen molar-refractivity contribution in [1.29, 1.82) is 0 Å². The Kier molecular flexibility index (Phi) is 5.76. The predicted molar refractivity (Wildman–Crippen MR) is 103 cm³/mol. The monoisotopic (exact) mass is 390 g/mol. The summed E-state index contributed by atoms with van der Waals surface area (Å²) in [7, 11) is -3.71. The van der Waals surface area contributed by atoms with Crippen molar-refractivity contribution in [2.75, 3.05) is 11.6 Å². The van der Waals surface area contributed by atoms with Crippen LogP contribution >= 0.6 is 0 Å². The van der Waals surface area contributed by atoms with Gasteiger partial charge in [0.25, 0.3) is 0 Å². The highest BCUT2D eigenvalue weighted by atomic mass is 32.2. The molecule has 7 nitrogen and oxygen atoms in total. The molecule has 0 bridgehead atoms. The van der Waals surface area contributed by atoms with Crippen LogP contribution in [-0.4, -0.2) is 25.7 Å². The van der Waals surface area contributed by atoms with Crippen molar-refractivity contribution in [2.45, 2.75) is 43.3 Å². The van der Waals surface area contributed by atoms with Crippen molar-refractivity contribution in [3.63, 3.8) is 0 Å². The van der Waals surface area contributed by atoms with E-state index in [9.17, 15) is 18.5 Å². The van der Waals surface area contributed by atoms with Crippen molar-refractivity contribution in [3.05, 3.63) is 58.1 Å². The molecule has 1 N–H and O–H groups in total. The first-order valence-corrected chi connectivity index (χ1v) is 10.7. The summed E-state index contributed by atoms with van der Waals surface area (Å²) in [6.07, 6.45) is 5.96. The van der Waals surface area contributed by atoms with Gasteiger partial charge in [0.1, 0.15) is 10.6 Å². The van der Waals surface area contributed by atoms with E-state index in [0.29, 0.717) is 18.4 Å². The smallest absolute Gasteiger partial charge is 0.311 e. The fraction of sp³-hybridized carbons (Fsp3) is 0.368. The Morgan fingerprint density at radius 2 is 1.81 bits per heavy atom. The number of benzene rings is 2. The van der Waals surface area contributed by atoms with Crippen molar-refractivity contribution in [2.24, 2.45) is 0 Å². The highest BCUT2D eigenvalue weighted by Crippen LogP contribution is 2.34. The number of anilines is 2. The van der Waals surface area contributed by atoms with Gasteiger partial charge >= 0.3 is 5.69 Å². The molecule has 0 amide bonds. The molecule has 1 saturated carbocycles. The molecule has 0 atom stereocenters. The standard InChI is InChI=1S/C19H22N2O5S/c1-27(24,25)18-8-4-7-17(19(18)21(22)23)20-15-11-9-14(10-12-15)13-26-16-5-2-3-6-16/h4,7-12,16,20H,2-3,5-6,13H2,1H3. The van der Waals surface area contributed by atoms with E-state index in [-0.39, 0.29) is 10.6 Å². The predicted octanol–water partition coefficient (Wildman–Crippen LogP) is 4.20. The van der Waals surface area contributed by atoms with Gasteiger partial charge in [-0.05, 0) is 42.7 Å². The molecule has 8 heteroatoms. The molecule has 27 heavy (non-hydrogen) atoms. The summed E-state index contributed by atoms with van der Waals surface area (Å²) in [5.74, 6) is 0. The maximum Gasteiger partial charge on any atom is 0.311 e. The molecule has 0 radical (unpaired) electrons. The first-order chi connectivity index (χ1) is 12.8. The SMILES string of the molecule is CS(=O)(=O)c1cccc(Nc2ccc(COC3CCCC3)cc2)c1[N+](=O)[O-]. The number of nitrogens with one attached hydrogen (secondary N) is 1. The summed E-state index contributed by atoms with van der Waals surface area (Å²) in [6, 6.07) is 11.6. The van der Waals surface area contributed by atoms with E-state index >= 15 is 0 Å². The van der Waals surface area contributed by atoms with Crippen molar-refractivity contribution >= 4 is 26.9 Å². The highest BCUT2D eigenvalue weighted by Gasteiger charge is 2.26. The third-order valence-electron chi connectivity index (χ3n) is 4.60. The van der Waals surface area contributed by atoms with E-state index in [1.165, 1.54) is 31.0 Å². The topological polar surface area (TPSA) is 98.5 Å². The van der Waals surface area contributed by atoms with E-state index in [1.54, 1.807) is 12.1 Å². The largest absolute Gasteiger partial charge is 0.374 e. The number of nitro groups is 1. The molecule has 1 aliphatic carbocycles. The van der Waals surface area contributed by atoms with Crippen LogP contribution in [0.4, 0.5) is 17.1 Å². The molecule has 0 saturated heterocycles. The summed E-state index contributed by atoms with van der Waals surface area (Å²) >= 11 is 0. The maximum absolute atomic E-state index is 11.8. The van der Waals surface area contributed by atoms with Crippen LogP contribution in [0.5, 0.6) is 0 Å². The van der Waals surface area contributed by atoms with Crippen LogP contribution < -0.4 is 5.32 Å². The summed E-state index contributed by atoms with van der Waals surface area (Å²) in [5.41, 5.74) is 1.34. The minimum atomic E-state index is -3.71. The third-order valence-corrected chi connectivity index (χ3v) is 5.73. The molecule has 3 rings (SSSR count). The average molecular weight is 390 g/mol. The molecule has 144 valence electrons. The van der Waals surface area contributed by atoms with Gasteiger partial charge in [0, 0.05) is 11.9 Å². The van der Waals surface area contributed by atoms with Gasteiger partial charge in [-0.25, -0.2) is 8.42 Å². The minimum Gasteiger partial charge on any atom is -0.374 e. The third kappa shape index (κ3) is 4.84. The number of para-hydroxylation sites is 1. The molecule has 0 aromatic heterocycles. The van der Waals surface area contributed by atoms with Crippen LogP contribution in [0.15, 0.2) is 47.4 Å². The van der Waals surface area contributed by atoms with Gasteiger partial charge in [-0.15, -0.1) is 0 Å². The van der Waals surface area contributed by atoms with E-state index in [2.05, 4.69) is 5.32 Å². The molecule has 2 aromatic rings. The molecule has 1 aliphatic rings.